The fourth-order valence-electron chi connectivity index (χ4n) is 1.56. The van der Waals surface area contributed by atoms with Crippen LogP contribution in [0.25, 0.3) is 0 Å². The second kappa shape index (κ2) is 5.16. The van der Waals surface area contributed by atoms with Gasteiger partial charge >= 0.3 is 0 Å². The average molecular weight is 191 g/mol. The van der Waals surface area contributed by atoms with Crippen molar-refractivity contribution in [2.75, 3.05) is 6.54 Å². The minimum absolute atomic E-state index is 0.581. The van der Waals surface area contributed by atoms with Crippen molar-refractivity contribution in [1.82, 2.24) is 0 Å². The summed E-state index contributed by atoms with van der Waals surface area (Å²) >= 11 is 0. The largest absolute Gasteiger partial charge is 0.330 e. The van der Waals surface area contributed by atoms with E-state index in [9.17, 15) is 0 Å². The van der Waals surface area contributed by atoms with E-state index in [0.717, 1.165) is 13.0 Å². The van der Waals surface area contributed by atoms with Crippen LogP contribution in [0.3, 0.4) is 0 Å². The average Bonchev–Trinajstić information content (AvgIpc) is 2.18. The monoisotopic (exact) mass is 191 g/mol. The van der Waals surface area contributed by atoms with Crippen LogP contribution < -0.4 is 5.73 Å². The zero-order chi connectivity index (χ0) is 10.6. The summed E-state index contributed by atoms with van der Waals surface area (Å²) in [7, 11) is 0. The lowest BCUT2D eigenvalue weighted by atomic mass is 9.96. The predicted molar refractivity (Wildman–Crippen MR) is 62.5 cm³/mol. The SMILES string of the molecule is CC(C)c1cccc(C[C@@H](C)CN)c1. The van der Waals surface area contributed by atoms with Crippen LogP contribution in [0.2, 0.25) is 0 Å². The molecule has 1 aromatic rings. The molecule has 0 aliphatic carbocycles. The molecular formula is C13H21N. The highest BCUT2D eigenvalue weighted by molar-refractivity contribution is 5.26. The van der Waals surface area contributed by atoms with Gasteiger partial charge in [0.1, 0.15) is 0 Å². The van der Waals surface area contributed by atoms with Gasteiger partial charge in [-0.25, -0.2) is 0 Å². The van der Waals surface area contributed by atoms with E-state index in [0.29, 0.717) is 11.8 Å². The van der Waals surface area contributed by atoms with Gasteiger partial charge in [0.15, 0.2) is 0 Å². The maximum atomic E-state index is 5.62. The highest BCUT2D eigenvalue weighted by Gasteiger charge is 2.03. The summed E-state index contributed by atoms with van der Waals surface area (Å²) in [5.74, 6) is 1.19. The van der Waals surface area contributed by atoms with Crippen LogP contribution in [0.4, 0.5) is 0 Å². The zero-order valence-electron chi connectivity index (χ0n) is 9.46. The van der Waals surface area contributed by atoms with Gasteiger partial charge in [0.05, 0.1) is 0 Å². The summed E-state index contributed by atoms with van der Waals surface area (Å²) in [5.41, 5.74) is 8.45. The summed E-state index contributed by atoms with van der Waals surface area (Å²) < 4.78 is 0. The molecule has 0 radical (unpaired) electrons. The molecular weight excluding hydrogens is 170 g/mol. The van der Waals surface area contributed by atoms with Gasteiger partial charge in [0.25, 0.3) is 0 Å². The number of rotatable bonds is 4. The molecule has 1 aromatic carbocycles. The lowest BCUT2D eigenvalue weighted by Crippen LogP contribution is -2.13. The fourth-order valence-corrected chi connectivity index (χ4v) is 1.56. The molecule has 0 fully saturated rings. The van der Waals surface area contributed by atoms with E-state index in [-0.39, 0.29) is 0 Å². The summed E-state index contributed by atoms with van der Waals surface area (Å²) in [4.78, 5) is 0. The minimum Gasteiger partial charge on any atom is -0.330 e. The highest BCUT2D eigenvalue weighted by Crippen LogP contribution is 2.17. The maximum Gasteiger partial charge on any atom is -0.00483 e. The van der Waals surface area contributed by atoms with Crippen molar-refractivity contribution >= 4 is 0 Å². The third-order valence-corrected chi connectivity index (χ3v) is 2.60. The lowest BCUT2D eigenvalue weighted by molar-refractivity contribution is 0.592. The van der Waals surface area contributed by atoms with Crippen LogP contribution in [-0.4, -0.2) is 6.54 Å². The smallest absolute Gasteiger partial charge is 0.00483 e. The van der Waals surface area contributed by atoms with Crippen LogP contribution >= 0.6 is 0 Å². The van der Waals surface area contributed by atoms with Crippen molar-refractivity contribution in [2.45, 2.75) is 33.1 Å². The number of hydrogen-bond donors (Lipinski definition) is 1. The van der Waals surface area contributed by atoms with E-state index in [1.165, 1.54) is 11.1 Å². The van der Waals surface area contributed by atoms with Crippen molar-refractivity contribution in [2.24, 2.45) is 11.7 Å². The Morgan fingerprint density at radius 2 is 1.93 bits per heavy atom. The summed E-state index contributed by atoms with van der Waals surface area (Å²) in [6.07, 6.45) is 1.09. The van der Waals surface area contributed by atoms with Gasteiger partial charge < -0.3 is 5.73 Å². The Hall–Kier alpha value is -0.820. The van der Waals surface area contributed by atoms with Gasteiger partial charge in [-0.1, -0.05) is 45.0 Å². The molecule has 0 aliphatic rings. The first-order valence-electron chi connectivity index (χ1n) is 5.42. The standard InChI is InChI=1S/C13H21N/c1-10(2)13-6-4-5-12(8-13)7-11(3)9-14/h4-6,8,10-11H,7,9,14H2,1-3H3/t11-/m1/s1. The topological polar surface area (TPSA) is 26.0 Å². The van der Waals surface area contributed by atoms with Gasteiger partial charge in [-0.05, 0) is 35.9 Å². The highest BCUT2D eigenvalue weighted by atomic mass is 14.5. The third-order valence-electron chi connectivity index (χ3n) is 2.60. The van der Waals surface area contributed by atoms with Gasteiger partial charge in [0, 0.05) is 0 Å². The first-order chi connectivity index (χ1) is 6.63. The molecule has 0 aliphatic heterocycles. The summed E-state index contributed by atoms with van der Waals surface area (Å²) in [5, 5.41) is 0. The van der Waals surface area contributed by atoms with Crippen molar-refractivity contribution in [3.05, 3.63) is 35.4 Å². The number of nitrogens with two attached hydrogens (primary N) is 1. The van der Waals surface area contributed by atoms with Crippen molar-refractivity contribution in [3.63, 3.8) is 0 Å². The molecule has 0 saturated heterocycles. The molecule has 0 aromatic heterocycles. The van der Waals surface area contributed by atoms with Crippen LogP contribution in [0, 0.1) is 5.92 Å². The lowest BCUT2D eigenvalue weighted by Gasteiger charge is -2.11. The van der Waals surface area contributed by atoms with E-state index >= 15 is 0 Å². The van der Waals surface area contributed by atoms with Crippen LogP contribution in [0.1, 0.15) is 37.8 Å². The molecule has 0 heterocycles. The summed E-state index contributed by atoms with van der Waals surface area (Å²) in [6.45, 7) is 7.42. The van der Waals surface area contributed by atoms with E-state index in [1.54, 1.807) is 0 Å². The molecule has 0 spiro atoms. The second-order valence-corrected chi connectivity index (χ2v) is 4.44. The molecule has 0 saturated carbocycles. The minimum atomic E-state index is 0.581. The van der Waals surface area contributed by atoms with Gasteiger partial charge in [-0.15, -0.1) is 0 Å². The molecule has 1 heteroatoms. The molecule has 14 heavy (non-hydrogen) atoms. The Bertz CT molecular complexity index is 278. The Morgan fingerprint density at radius 1 is 1.21 bits per heavy atom. The fraction of sp³-hybridized carbons (Fsp3) is 0.538. The van der Waals surface area contributed by atoms with E-state index < -0.39 is 0 Å². The molecule has 0 amide bonds. The zero-order valence-corrected chi connectivity index (χ0v) is 9.46. The first-order valence-corrected chi connectivity index (χ1v) is 5.42. The van der Waals surface area contributed by atoms with Crippen molar-refractivity contribution in [1.29, 1.82) is 0 Å². The summed E-state index contributed by atoms with van der Waals surface area (Å²) in [6, 6.07) is 8.84. The molecule has 2 N–H and O–H groups in total. The predicted octanol–water partition coefficient (Wildman–Crippen LogP) is 2.95. The second-order valence-electron chi connectivity index (χ2n) is 4.44. The Kier molecular flexibility index (Phi) is 4.15. The Balaban J connectivity index is 2.73. The van der Waals surface area contributed by atoms with Gasteiger partial charge in [-0.3, -0.25) is 0 Å². The van der Waals surface area contributed by atoms with Crippen molar-refractivity contribution < 1.29 is 0 Å². The molecule has 0 bridgehead atoms. The molecule has 78 valence electrons. The molecule has 0 unspecified atom stereocenters. The van der Waals surface area contributed by atoms with Gasteiger partial charge in [-0.2, -0.15) is 0 Å². The quantitative estimate of drug-likeness (QED) is 0.778. The molecule has 1 rings (SSSR count). The van der Waals surface area contributed by atoms with E-state index in [4.69, 9.17) is 5.73 Å². The van der Waals surface area contributed by atoms with E-state index in [1.807, 2.05) is 0 Å². The Labute approximate surface area is 87.3 Å². The van der Waals surface area contributed by atoms with E-state index in [2.05, 4.69) is 45.0 Å². The van der Waals surface area contributed by atoms with Gasteiger partial charge in [0.2, 0.25) is 0 Å². The van der Waals surface area contributed by atoms with Crippen molar-refractivity contribution in [3.8, 4) is 0 Å². The maximum absolute atomic E-state index is 5.62. The van der Waals surface area contributed by atoms with Crippen LogP contribution in [0.5, 0.6) is 0 Å². The first kappa shape index (κ1) is 11.3. The number of benzene rings is 1. The van der Waals surface area contributed by atoms with Crippen LogP contribution in [0.15, 0.2) is 24.3 Å². The normalized spacial score (nSPS) is 13.2. The molecule has 1 nitrogen and oxygen atoms in total. The molecule has 1 atom stereocenters. The third kappa shape index (κ3) is 3.15. The van der Waals surface area contributed by atoms with Crippen LogP contribution in [-0.2, 0) is 6.42 Å². The number of hydrogen-bond acceptors (Lipinski definition) is 1. The Morgan fingerprint density at radius 3 is 2.50 bits per heavy atom.